The van der Waals surface area contributed by atoms with Gasteiger partial charge in [-0.15, -0.1) is 0 Å². The lowest BCUT2D eigenvalue weighted by Gasteiger charge is -2.34. The molecule has 0 aromatic rings. The summed E-state index contributed by atoms with van der Waals surface area (Å²) in [5, 5.41) is 5.25. The molecule has 1 fully saturated rings. The smallest absolute Gasteiger partial charge is 0.309 e. The summed E-state index contributed by atoms with van der Waals surface area (Å²) >= 11 is 0. The fourth-order valence-corrected chi connectivity index (χ4v) is 1.43. The lowest BCUT2D eigenvalue weighted by molar-refractivity contribution is -0.142. The maximum atomic E-state index is 11.0. The van der Waals surface area contributed by atoms with Crippen LogP contribution in [-0.4, -0.2) is 23.9 Å². The molecule has 0 aromatic carbocycles. The van der Waals surface area contributed by atoms with Gasteiger partial charge in [0.15, 0.2) is 0 Å². The van der Waals surface area contributed by atoms with Crippen molar-refractivity contribution in [2.24, 2.45) is 0 Å². The van der Waals surface area contributed by atoms with E-state index in [0.29, 0.717) is 6.54 Å². The molecular formula is C8H14N2O2. The Morgan fingerprint density at radius 1 is 1.42 bits per heavy atom. The van der Waals surface area contributed by atoms with Gasteiger partial charge in [-0.25, -0.2) is 0 Å². The number of piperazine rings is 1. The van der Waals surface area contributed by atoms with Crippen molar-refractivity contribution in [1.29, 1.82) is 0 Å². The summed E-state index contributed by atoms with van der Waals surface area (Å²) in [5.74, 6) is -1.04. The Hall–Kier alpha value is -1.06. The SMILES string of the molecule is CCCC1(C)CNC(=O)C(=O)N1. The van der Waals surface area contributed by atoms with E-state index in [1.807, 2.05) is 13.8 Å². The normalized spacial score (nSPS) is 29.5. The second-order valence-corrected chi connectivity index (χ2v) is 3.45. The molecule has 1 unspecified atom stereocenters. The van der Waals surface area contributed by atoms with Gasteiger partial charge in [-0.2, -0.15) is 0 Å². The van der Waals surface area contributed by atoms with Crippen molar-refractivity contribution >= 4 is 11.8 Å². The standard InChI is InChI=1S/C8H14N2O2/c1-3-4-8(2)5-9-6(11)7(12)10-8/h3-5H2,1-2H3,(H,9,11)(H,10,12). The molecule has 1 aliphatic heterocycles. The summed E-state index contributed by atoms with van der Waals surface area (Å²) in [6.07, 6.45) is 1.88. The second-order valence-electron chi connectivity index (χ2n) is 3.45. The van der Waals surface area contributed by atoms with Crippen molar-refractivity contribution in [1.82, 2.24) is 10.6 Å². The topological polar surface area (TPSA) is 58.2 Å². The van der Waals surface area contributed by atoms with Crippen LogP contribution in [0.4, 0.5) is 0 Å². The van der Waals surface area contributed by atoms with Crippen LogP contribution in [0.25, 0.3) is 0 Å². The van der Waals surface area contributed by atoms with Crippen LogP contribution in [0.1, 0.15) is 26.7 Å². The largest absolute Gasteiger partial charge is 0.345 e. The van der Waals surface area contributed by atoms with Gasteiger partial charge in [0, 0.05) is 6.54 Å². The molecule has 68 valence electrons. The highest BCUT2D eigenvalue weighted by Crippen LogP contribution is 2.12. The van der Waals surface area contributed by atoms with Crippen LogP contribution in [0.5, 0.6) is 0 Å². The molecule has 2 N–H and O–H groups in total. The van der Waals surface area contributed by atoms with Crippen LogP contribution in [0, 0.1) is 0 Å². The van der Waals surface area contributed by atoms with Crippen molar-refractivity contribution in [3.8, 4) is 0 Å². The molecule has 1 atom stereocenters. The van der Waals surface area contributed by atoms with Gasteiger partial charge >= 0.3 is 11.8 Å². The van der Waals surface area contributed by atoms with E-state index in [0.717, 1.165) is 12.8 Å². The maximum absolute atomic E-state index is 11.0. The molecule has 4 heteroatoms. The zero-order valence-corrected chi connectivity index (χ0v) is 7.44. The van der Waals surface area contributed by atoms with Gasteiger partial charge in [-0.05, 0) is 13.3 Å². The van der Waals surface area contributed by atoms with E-state index in [1.165, 1.54) is 0 Å². The Kier molecular flexibility index (Phi) is 2.35. The van der Waals surface area contributed by atoms with Gasteiger partial charge in [0.1, 0.15) is 0 Å². The number of hydrogen-bond acceptors (Lipinski definition) is 2. The fourth-order valence-electron chi connectivity index (χ4n) is 1.43. The number of amides is 2. The molecule has 4 nitrogen and oxygen atoms in total. The predicted octanol–water partition coefficient (Wildman–Crippen LogP) is -0.209. The molecule has 1 rings (SSSR count). The van der Waals surface area contributed by atoms with Crippen molar-refractivity contribution < 1.29 is 9.59 Å². The molecule has 0 radical (unpaired) electrons. The summed E-state index contributed by atoms with van der Waals surface area (Å²) in [5.41, 5.74) is -0.250. The van der Waals surface area contributed by atoms with Crippen LogP contribution in [0.2, 0.25) is 0 Å². The molecule has 1 saturated heterocycles. The molecule has 0 bridgehead atoms. The number of carbonyl (C=O) groups excluding carboxylic acids is 2. The molecule has 0 saturated carbocycles. The van der Waals surface area contributed by atoms with Crippen LogP contribution in [0.3, 0.4) is 0 Å². The second kappa shape index (κ2) is 3.13. The zero-order valence-electron chi connectivity index (χ0n) is 7.44. The molecule has 1 aliphatic rings. The third-order valence-electron chi connectivity index (χ3n) is 2.06. The highest BCUT2D eigenvalue weighted by atomic mass is 16.2. The Morgan fingerprint density at radius 3 is 2.58 bits per heavy atom. The Balaban J connectivity index is 2.60. The monoisotopic (exact) mass is 170 g/mol. The molecule has 0 aromatic heterocycles. The van der Waals surface area contributed by atoms with Gasteiger partial charge < -0.3 is 10.6 Å². The van der Waals surface area contributed by atoms with Gasteiger partial charge in [-0.1, -0.05) is 13.3 Å². The number of rotatable bonds is 2. The van der Waals surface area contributed by atoms with Crippen LogP contribution in [0.15, 0.2) is 0 Å². The third kappa shape index (κ3) is 1.75. The van der Waals surface area contributed by atoms with Crippen molar-refractivity contribution in [2.75, 3.05) is 6.54 Å². The highest BCUT2D eigenvalue weighted by Gasteiger charge is 2.33. The summed E-state index contributed by atoms with van der Waals surface area (Å²) in [6, 6.07) is 0. The van der Waals surface area contributed by atoms with E-state index in [4.69, 9.17) is 0 Å². The van der Waals surface area contributed by atoms with Crippen LogP contribution in [-0.2, 0) is 9.59 Å². The van der Waals surface area contributed by atoms with E-state index in [-0.39, 0.29) is 5.54 Å². The average Bonchev–Trinajstić information content (AvgIpc) is 1.98. The predicted molar refractivity (Wildman–Crippen MR) is 44.5 cm³/mol. The van der Waals surface area contributed by atoms with E-state index < -0.39 is 11.8 Å². The quantitative estimate of drug-likeness (QED) is 0.563. The van der Waals surface area contributed by atoms with E-state index in [9.17, 15) is 9.59 Å². The molecule has 0 aliphatic carbocycles. The first-order chi connectivity index (χ1) is 5.57. The lowest BCUT2D eigenvalue weighted by atomic mass is 9.94. The minimum Gasteiger partial charge on any atom is -0.345 e. The van der Waals surface area contributed by atoms with E-state index in [2.05, 4.69) is 10.6 Å². The molecule has 0 spiro atoms. The van der Waals surface area contributed by atoms with Gasteiger partial charge in [-0.3, -0.25) is 9.59 Å². The summed E-state index contributed by atoms with van der Waals surface area (Å²) < 4.78 is 0. The first-order valence-corrected chi connectivity index (χ1v) is 4.18. The number of hydrogen-bond donors (Lipinski definition) is 2. The van der Waals surface area contributed by atoms with E-state index >= 15 is 0 Å². The minimum absolute atomic E-state index is 0.250. The minimum atomic E-state index is -0.524. The van der Waals surface area contributed by atoms with Crippen molar-refractivity contribution in [3.05, 3.63) is 0 Å². The lowest BCUT2D eigenvalue weighted by Crippen LogP contribution is -2.62. The molecule has 1 heterocycles. The Bertz CT molecular complexity index is 215. The van der Waals surface area contributed by atoms with E-state index in [1.54, 1.807) is 0 Å². The fraction of sp³-hybridized carbons (Fsp3) is 0.750. The first kappa shape index (κ1) is 9.03. The summed E-state index contributed by atoms with van der Waals surface area (Å²) in [6.45, 7) is 4.52. The summed E-state index contributed by atoms with van der Waals surface area (Å²) in [4.78, 5) is 21.7. The Labute approximate surface area is 71.7 Å². The molecule has 2 amide bonds. The van der Waals surface area contributed by atoms with Crippen LogP contribution < -0.4 is 10.6 Å². The number of nitrogens with one attached hydrogen (secondary N) is 2. The van der Waals surface area contributed by atoms with Gasteiger partial charge in [0.25, 0.3) is 0 Å². The molecular weight excluding hydrogens is 156 g/mol. The average molecular weight is 170 g/mol. The zero-order chi connectivity index (χ0) is 9.19. The van der Waals surface area contributed by atoms with Crippen LogP contribution >= 0.6 is 0 Å². The third-order valence-corrected chi connectivity index (χ3v) is 2.06. The van der Waals surface area contributed by atoms with Crippen molar-refractivity contribution in [2.45, 2.75) is 32.2 Å². The highest BCUT2D eigenvalue weighted by molar-refractivity contribution is 6.35. The number of carbonyl (C=O) groups is 2. The first-order valence-electron chi connectivity index (χ1n) is 4.18. The molecule has 12 heavy (non-hydrogen) atoms. The Morgan fingerprint density at radius 2 is 2.08 bits per heavy atom. The maximum Gasteiger partial charge on any atom is 0.309 e. The van der Waals surface area contributed by atoms with Crippen molar-refractivity contribution in [3.63, 3.8) is 0 Å². The van der Waals surface area contributed by atoms with Gasteiger partial charge in [0.2, 0.25) is 0 Å². The van der Waals surface area contributed by atoms with Gasteiger partial charge in [0.05, 0.1) is 5.54 Å². The summed E-state index contributed by atoms with van der Waals surface area (Å²) in [7, 11) is 0.